The van der Waals surface area contributed by atoms with Crippen molar-refractivity contribution in [2.45, 2.75) is 12.8 Å². The summed E-state index contributed by atoms with van der Waals surface area (Å²) in [5.41, 5.74) is 0. The average molecular weight is 204 g/mol. The Kier molecular flexibility index (Phi) is 3.42. The minimum atomic E-state index is 0. The first kappa shape index (κ1) is 10.6. The third-order valence-corrected chi connectivity index (χ3v) is 2.84. The third-order valence-electron chi connectivity index (χ3n) is 2.84. The summed E-state index contributed by atoms with van der Waals surface area (Å²) < 4.78 is 2.37. The lowest BCUT2D eigenvalue weighted by Crippen LogP contribution is -3.00. The van der Waals surface area contributed by atoms with Crippen LogP contribution in [-0.4, -0.2) is 60.6 Å². The zero-order valence-corrected chi connectivity index (χ0v) is 9.22. The molecule has 4 heteroatoms. The summed E-state index contributed by atoms with van der Waals surface area (Å²) in [4.78, 5) is 4.87. The van der Waals surface area contributed by atoms with Crippen molar-refractivity contribution in [1.82, 2.24) is 9.80 Å². The van der Waals surface area contributed by atoms with Gasteiger partial charge in [0.15, 0.2) is 0 Å². The summed E-state index contributed by atoms with van der Waals surface area (Å²) in [5.74, 6) is 1.44. The van der Waals surface area contributed by atoms with Crippen LogP contribution in [0.15, 0.2) is 0 Å². The Morgan fingerprint density at radius 2 is 1.77 bits per heavy atom. The van der Waals surface area contributed by atoms with E-state index in [9.17, 15) is 0 Å². The van der Waals surface area contributed by atoms with Gasteiger partial charge < -0.3 is 12.4 Å². The highest BCUT2D eigenvalue weighted by atomic mass is 35.5. The molecular formula is C9H18ClN3. The van der Waals surface area contributed by atoms with Crippen molar-refractivity contribution in [2.75, 3.05) is 40.3 Å². The third kappa shape index (κ3) is 1.90. The fourth-order valence-electron chi connectivity index (χ4n) is 2.19. The number of halogens is 1. The zero-order chi connectivity index (χ0) is 8.55. The summed E-state index contributed by atoms with van der Waals surface area (Å²) in [6, 6.07) is 0. The van der Waals surface area contributed by atoms with Crippen molar-refractivity contribution < 1.29 is 17.0 Å². The van der Waals surface area contributed by atoms with Gasteiger partial charge in [-0.15, -0.1) is 0 Å². The number of rotatable bonds is 0. The van der Waals surface area contributed by atoms with Crippen molar-refractivity contribution in [3.8, 4) is 0 Å². The highest BCUT2D eigenvalue weighted by Gasteiger charge is 2.31. The van der Waals surface area contributed by atoms with Gasteiger partial charge in [-0.05, 0) is 12.8 Å². The van der Waals surface area contributed by atoms with Crippen molar-refractivity contribution in [2.24, 2.45) is 0 Å². The van der Waals surface area contributed by atoms with E-state index in [1.165, 1.54) is 45.0 Å². The number of nitrogens with zero attached hydrogens (tertiary/aromatic N) is 3. The first-order valence-corrected chi connectivity index (χ1v) is 4.83. The van der Waals surface area contributed by atoms with Crippen LogP contribution in [0.1, 0.15) is 12.8 Å². The molecule has 2 aliphatic rings. The van der Waals surface area contributed by atoms with E-state index in [1.54, 1.807) is 0 Å². The molecule has 1 fully saturated rings. The lowest BCUT2D eigenvalue weighted by atomic mass is 10.4. The first-order chi connectivity index (χ1) is 5.79. The smallest absolute Gasteiger partial charge is 0.350 e. The predicted molar refractivity (Wildman–Crippen MR) is 49.5 cm³/mol. The van der Waals surface area contributed by atoms with Crippen LogP contribution in [0.5, 0.6) is 0 Å². The second-order valence-corrected chi connectivity index (χ2v) is 3.84. The Balaban J connectivity index is 0.000000845. The van der Waals surface area contributed by atoms with Gasteiger partial charge in [-0.1, -0.05) is 0 Å². The van der Waals surface area contributed by atoms with E-state index in [0.717, 1.165) is 0 Å². The van der Waals surface area contributed by atoms with Gasteiger partial charge in [-0.3, -0.25) is 14.4 Å². The summed E-state index contributed by atoms with van der Waals surface area (Å²) in [5, 5.41) is 0. The molecule has 0 unspecified atom stereocenters. The maximum atomic E-state index is 2.51. The Bertz CT molecular complexity index is 209. The lowest BCUT2D eigenvalue weighted by molar-refractivity contribution is -0.491. The molecule has 0 aromatic rings. The van der Waals surface area contributed by atoms with Crippen LogP contribution in [-0.2, 0) is 0 Å². The first-order valence-electron chi connectivity index (χ1n) is 4.83. The summed E-state index contributed by atoms with van der Waals surface area (Å²) in [7, 11) is 4.38. The SMILES string of the molecule is CN1CC[N+](C)=C1N1CCCC1.[Cl-]. The van der Waals surface area contributed by atoms with E-state index < -0.39 is 0 Å². The van der Waals surface area contributed by atoms with Gasteiger partial charge in [0.25, 0.3) is 0 Å². The molecule has 0 atom stereocenters. The minimum absolute atomic E-state index is 0. The largest absolute Gasteiger partial charge is 1.00 e. The van der Waals surface area contributed by atoms with Crippen LogP contribution >= 0.6 is 0 Å². The number of hydrogen-bond acceptors (Lipinski definition) is 2. The molecule has 0 N–H and O–H groups in total. The van der Waals surface area contributed by atoms with Crippen molar-refractivity contribution in [1.29, 1.82) is 0 Å². The number of likely N-dealkylation sites (N-methyl/N-ethyl adjacent to an activating group) is 2. The molecule has 0 saturated carbocycles. The van der Waals surface area contributed by atoms with E-state index in [4.69, 9.17) is 0 Å². The quantitative estimate of drug-likeness (QED) is 0.389. The number of guanidine groups is 1. The highest BCUT2D eigenvalue weighted by molar-refractivity contribution is 5.76. The molecule has 2 aliphatic heterocycles. The molecule has 0 spiro atoms. The van der Waals surface area contributed by atoms with Crippen LogP contribution in [0.4, 0.5) is 0 Å². The Labute approximate surface area is 86.4 Å². The van der Waals surface area contributed by atoms with Crippen LogP contribution < -0.4 is 12.4 Å². The van der Waals surface area contributed by atoms with Gasteiger partial charge in [-0.2, -0.15) is 0 Å². The Hall–Kier alpha value is -0.440. The molecule has 3 nitrogen and oxygen atoms in total. The highest BCUT2D eigenvalue weighted by Crippen LogP contribution is 2.11. The summed E-state index contributed by atoms with van der Waals surface area (Å²) in [6.45, 7) is 4.87. The van der Waals surface area contributed by atoms with Crippen LogP contribution in [0, 0.1) is 0 Å². The molecule has 0 aliphatic carbocycles. The molecular weight excluding hydrogens is 186 g/mol. The molecule has 2 rings (SSSR count). The molecule has 0 bridgehead atoms. The minimum Gasteiger partial charge on any atom is -1.00 e. The molecule has 0 radical (unpaired) electrons. The molecule has 76 valence electrons. The van der Waals surface area contributed by atoms with Crippen molar-refractivity contribution in [3.63, 3.8) is 0 Å². The molecule has 2 heterocycles. The van der Waals surface area contributed by atoms with Crippen LogP contribution in [0.2, 0.25) is 0 Å². The number of hydrogen-bond donors (Lipinski definition) is 0. The Morgan fingerprint density at radius 1 is 1.15 bits per heavy atom. The summed E-state index contributed by atoms with van der Waals surface area (Å²) >= 11 is 0. The monoisotopic (exact) mass is 203 g/mol. The summed E-state index contributed by atoms with van der Waals surface area (Å²) in [6.07, 6.45) is 2.73. The topological polar surface area (TPSA) is 9.49 Å². The van der Waals surface area contributed by atoms with Gasteiger partial charge in [0.1, 0.15) is 0 Å². The molecule has 0 amide bonds. The fourth-order valence-corrected chi connectivity index (χ4v) is 2.19. The van der Waals surface area contributed by atoms with Crippen molar-refractivity contribution >= 4 is 5.96 Å². The van der Waals surface area contributed by atoms with Crippen molar-refractivity contribution in [3.05, 3.63) is 0 Å². The average Bonchev–Trinajstić information content (AvgIpc) is 2.61. The fraction of sp³-hybridized carbons (Fsp3) is 0.889. The maximum absolute atomic E-state index is 2.51. The van der Waals surface area contributed by atoms with Gasteiger partial charge in [0, 0.05) is 0 Å². The standard InChI is InChI=1S/C9H18N3.ClH/c1-10-7-8-11(2)9(10)12-5-3-4-6-12;/h3-8H2,1-2H3;1H/q+1;/p-1. The van der Waals surface area contributed by atoms with E-state index in [0.29, 0.717) is 0 Å². The van der Waals surface area contributed by atoms with E-state index >= 15 is 0 Å². The van der Waals surface area contributed by atoms with Gasteiger partial charge in [0.2, 0.25) is 0 Å². The second kappa shape index (κ2) is 4.18. The number of likely N-dealkylation sites (tertiary alicyclic amines) is 1. The predicted octanol–water partition coefficient (Wildman–Crippen LogP) is -2.97. The molecule has 0 aromatic carbocycles. The molecule has 1 saturated heterocycles. The molecule has 13 heavy (non-hydrogen) atoms. The second-order valence-electron chi connectivity index (χ2n) is 3.84. The molecule has 0 aromatic heterocycles. The maximum Gasteiger partial charge on any atom is 0.350 e. The van der Waals surface area contributed by atoms with E-state index in [2.05, 4.69) is 28.5 Å². The van der Waals surface area contributed by atoms with Crippen LogP contribution in [0.3, 0.4) is 0 Å². The van der Waals surface area contributed by atoms with Gasteiger partial charge in [0.05, 0.1) is 40.3 Å². The van der Waals surface area contributed by atoms with Gasteiger partial charge in [-0.25, -0.2) is 0 Å². The van der Waals surface area contributed by atoms with E-state index in [1.807, 2.05) is 0 Å². The van der Waals surface area contributed by atoms with Gasteiger partial charge >= 0.3 is 5.96 Å². The Morgan fingerprint density at radius 3 is 2.23 bits per heavy atom. The van der Waals surface area contributed by atoms with Crippen LogP contribution in [0.25, 0.3) is 0 Å². The normalized spacial score (nSPS) is 22.6. The lowest BCUT2D eigenvalue weighted by Gasteiger charge is -2.16. The van der Waals surface area contributed by atoms with E-state index in [-0.39, 0.29) is 12.4 Å². The zero-order valence-electron chi connectivity index (χ0n) is 8.46.